The van der Waals surface area contributed by atoms with Crippen molar-refractivity contribution in [3.63, 3.8) is 0 Å². The molecule has 3 amide bonds. The molecule has 24 heavy (non-hydrogen) atoms. The first-order chi connectivity index (χ1) is 11.4. The van der Waals surface area contributed by atoms with Crippen LogP contribution in [0.3, 0.4) is 0 Å². The minimum atomic E-state index is -0.731. The molecule has 1 heterocycles. The van der Waals surface area contributed by atoms with E-state index in [9.17, 15) is 14.4 Å². The van der Waals surface area contributed by atoms with E-state index in [1.165, 1.54) is 4.90 Å². The summed E-state index contributed by atoms with van der Waals surface area (Å²) in [5.74, 6) is 1.48. The summed E-state index contributed by atoms with van der Waals surface area (Å²) in [6, 6.07) is -1.29. The molecule has 3 fully saturated rings. The van der Waals surface area contributed by atoms with Crippen molar-refractivity contribution in [2.75, 3.05) is 6.54 Å². The Morgan fingerprint density at radius 2 is 1.96 bits per heavy atom. The largest absolute Gasteiger partial charge is 0.446 e. The molecule has 0 aromatic rings. The number of nitrogens with one attached hydrogen (secondary N) is 1. The fraction of sp³-hybridized carbons (Fsp3) is 0.765. The van der Waals surface area contributed by atoms with Gasteiger partial charge in [0, 0.05) is 6.54 Å². The first kappa shape index (κ1) is 16.9. The molecule has 6 atom stereocenters. The Labute approximate surface area is 141 Å². The summed E-state index contributed by atoms with van der Waals surface area (Å²) < 4.78 is 5.42. The van der Waals surface area contributed by atoms with Gasteiger partial charge in [-0.3, -0.25) is 9.59 Å². The highest BCUT2D eigenvalue weighted by atomic mass is 16.6. The van der Waals surface area contributed by atoms with Gasteiger partial charge in [0.1, 0.15) is 18.2 Å². The van der Waals surface area contributed by atoms with E-state index in [1.807, 2.05) is 0 Å². The van der Waals surface area contributed by atoms with Gasteiger partial charge in [0.2, 0.25) is 5.91 Å². The minimum Gasteiger partial charge on any atom is -0.446 e. The zero-order chi connectivity index (χ0) is 17.4. The van der Waals surface area contributed by atoms with E-state index in [4.69, 9.17) is 4.74 Å². The highest BCUT2D eigenvalue weighted by molar-refractivity contribution is 5.93. The fourth-order valence-electron chi connectivity index (χ4n) is 4.28. The monoisotopic (exact) mass is 335 g/mol. The maximum Gasteiger partial charge on any atom is 0.408 e. The van der Waals surface area contributed by atoms with Crippen LogP contribution < -0.4 is 5.32 Å². The first-order valence-corrected chi connectivity index (χ1v) is 8.70. The van der Waals surface area contributed by atoms with Gasteiger partial charge in [0.25, 0.3) is 5.91 Å². The highest BCUT2D eigenvalue weighted by Gasteiger charge is 2.54. The van der Waals surface area contributed by atoms with E-state index >= 15 is 0 Å². The molecular formula is C17H25N3O4. The first-order valence-electron chi connectivity index (χ1n) is 8.70. The van der Waals surface area contributed by atoms with Crippen LogP contribution in [0.5, 0.6) is 0 Å². The SMILES string of the molecule is C=NC(=O)[C@@H]1CCCN1C(=O)[C@H](C)NC(=O)OC1C[C@@H]2C(C)[C@@H]2C1. The number of nitrogens with zero attached hydrogens (tertiary/aromatic N) is 2. The molecule has 132 valence electrons. The topological polar surface area (TPSA) is 88.1 Å². The third-order valence-corrected chi connectivity index (χ3v) is 5.79. The summed E-state index contributed by atoms with van der Waals surface area (Å²) in [6.45, 7) is 7.58. The van der Waals surface area contributed by atoms with Crippen LogP contribution in [0.2, 0.25) is 0 Å². The molecule has 0 spiro atoms. The van der Waals surface area contributed by atoms with Gasteiger partial charge in [0.05, 0.1) is 0 Å². The van der Waals surface area contributed by atoms with E-state index in [0.717, 1.165) is 25.2 Å². The second kappa shape index (κ2) is 6.53. The molecule has 1 saturated heterocycles. The van der Waals surface area contributed by atoms with E-state index in [2.05, 4.69) is 24.0 Å². The number of hydrogen-bond acceptors (Lipinski definition) is 4. The van der Waals surface area contributed by atoms with Crippen LogP contribution in [-0.2, 0) is 14.3 Å². The molecule has 0 aromatic heterocycles. The normalized spacial score (nSPS) is 35.1. The van der Waals surface area contributed by atoms with Crippen molar-refractivity contribution in [1.82, 2.24) is 10.2 Å². The third-order valence-electron chi connectivity index (χ3n) is 5.79. The van der Waals surface area contributed by atoms with Gasteiger partial charge < -0.3 is 15.0 Å². The van der Waals surface area contributed by atoms with Gasteiger partial charge >= 0.3 is 6.09 Å². The Morgan fingerprint density at radius 3 is 2.58 bits per heavy atom. The fourth-order valence-corrected chi connectivity index (χ4v) is 4.28. The van der Waals surface area contributed by atoms with Crippen molar-refractivity contribution in [2.45, 2.75) is 57.7 Å². The lowest BCUT2D eigenvalue weighted by molar-refractivity contribution is -0.138. The van der Waals surface area contributed by atoms with Crippen LogP contribution in [-0.4, -0.2) is 54.3 Å². The second-order valence-electron chi connectivity index (χ2n) is 7.24. The second-order valence-corrected chi connectivity index (χ2v) is 7.24. The number of aliphatic imine (C=N–C) groups is 1. The van der Waals surface area contributed by atoms with Gasteiger partial charge in [0.15, 0.2) is 0 Å². The molecule has 2 saturated carbocycles. The molecule has 7 nitrogen and oxygen atoms in total. The molecule has 7 heteroatoms. The summed E-state index contributed by atoms with van der Waals surface area (Å²) >= 11 is 0. The smallest absolute Gasteiger partial charge is 0.408 e. The molecule has 3 rings (SSSR count). The number of alkyl carbamates (subject to hydrolysis) is 1. The molecule has 0 radical (unpaired) electrons. The standard InChI is InChI=1S/C17H25N3O4/c1-9-12-7-11(8-13(9)12)24-17(23)19-10(2)16(22)20-6-4-5-14(20)15(21)18-3/h9-14H,3-8H2,1-2H3,(H,19,23)/t9?,10-,11?,12-,13+,14-/m0/s1. The summed E-state index contributed by atoms with van der Waals surface area (Å²) in [5, 5.41) is 2.59. The number of rotatable bonds is 4. The molecule has 2 unspecified atom stereocenters. The Kier molecular flexibility index (Phi) is 4.60. The van der Waals surface area contributed by atoms with E-state index in [-0.39, 0.29) is 12.0 Å². The Hall–Kier alpha value is -1.92. The Balaban J connectivity index is 1.48. The number of fused-ring (bicyclic) bond motifs is 1. The van der Waals surface area contributed by atoms with Crippen LogP contribution in [0.1, 0.15) is 39.5 Å². The van der Waals surface area contributed by atoms with Crippen molar-refractivity contribution < 1.29 is 19.1 Å². The number of carbonyl (C=O) groups is 3. The zero-order valence-electron chi connectivity index (χ0n) is 14.2. The van der Waals surface area contributed by atoms with Crippen LogP contribution in [0.4, 0.5) is 4.79 Å². The average molecular weight is 335 g/mol. The maximum atomic E-state index is 12.5. The number of hydrogen-bond donors (Lipinski definition) is 1. The summed E-state index contributed by atoms with van der Waals surface area (Å²) in [5.41, 5.74) is 0. The summed E-state index contributed by atoms with van der Waals surface area (Å²) in [7, 11) is 0. The summed E-state index contributed by atoms with van der Waals surface area (Å²) in [4.78, 5) is 41.1. The molecule has 1 N–H and O–H groups in total. The van der Waals surface area contributed by atoms with Gasteiger partial charge in [-0.15, -0.1) is 0 Å². The van der Waals surface area contributed by atoms with E-state index in [1.54, 1.807) is 6.92 Å². The molecule has 0 bridgehead atoms. The quantitative estimate of drug-likeness (QED) is 0.786. The molecule has 1 aliphatic heterocycles. The molecular weight excluding hydrogens is 310 g/mol. The number of ether oxygens (including phenoxy) is 1. The lowest BCUT2D eigenvalue weighted by Crippen LogP contribution is -2.50. The van der Waals surface area contributed by atoms with E-state index < -0.39 is 24.1 Å². The van der Waals surface area contributed by atoms with Crippen molar-refractivity contribution in [1.29, 1.82) is 0 Å². The van der Waals surface area contributed by atoms with Gasteiger partial charge in [-0.05, 0) is 57.1 Å². The molecule has 3 aliphatic rings. The lowest BCUT2D eigenvalue weighted by atomic mass is 10.1. The van der Waals surface area contributed by atoms with Crippen molar-refractivity contribution in [3.05, 3.63) is 0 Å². The number of carbonyl (C=O) groups excluding carboxylic acids is 3. The molecule has 0 aromatic carbocycles. The van der Waals surface area contributed by atoms with E-state index in [0.29, 0.717) is 24.8 Å². The highest BCUT2D eigenvalue weighted by Crippen LogP contribution is 2.57. The van der Waals surface area contributed by atoms with Crippen LogP contribution in [0.15, 0.2) is 4.99 Å². The Morgan fingerprint density at radius 1 is 1.29 bits per heavy atom. The van der Waals surface area contributed by atoms with Gasteiger partial charge in [-0.2, -0.15) is 0 Å². The van der Waals surface area contributed by atoms with Crippen molar-refractivity contribution in [3.8, 4) is 0 Å². The summed E-state index contributed by atoms with van der Waals surface area (Å²) in [6.07, 6.45) is 2.59. The zero-order valence-corrected chi connectivity index (χ0v) is 14.2. The maximum absolute atomic E-state index is 12.5. The predicted octanol–water partition coefficient (Wildman–Crippen LogP) is 1.36. The van der Waals surface area contributed by atoms with Crippen LogP contribution >= 0.6 is 0 Å². The van der Waals surface area contributed by atoms with Crippen LogP contribution in [0.25, 0.3) is 0 Å². The third kappa shape index (κ3) is 3.16. The van der Waals surface area contributed by atoms with Gasteiger partial charge in [-0.1, -0.05) is 6.92 Å². The number of likely N-dealkylation sites (tertiary alicyclic amines) is 1. The predicted molar refractivity (Wildman–Crippen MR) is 87.5 cm³/mol. The lowest BCUT2D eigenvalue weighted by Gasteiger charge is -2.26. The molecule has 2 aliphatic carbocycles. The van der Waals surface area contributed by atoms with Gasteiger partial charge in [-0.25, -0.2) is 9.79 Å². The van der Waals surface area contributed by atoms with Crippen molar-refractivity contribution in [2.24, 2.45) is 22.7 Å². The average Bonchev–Trinajstić information content (AvgIpc) is 2.97. The Bertz CT molecular complexity index is 552. The minimum absolute atomic E-state index is 0.0374. The van der Waals surface area contributed by atoms with Crippen LogP contribution in [0, 0.1) is 17.8 Å². The van der Waals surface area contributed by atoms with Crippen molar-refractivity contribution >= 4 is 24.6 Å². The number of amides is 3.